The van der Waals surface area contributed by atoms with Crippen LogP contribution in [0, 0.1) is 0 Å². The van der Waals surface area contributed by atoms with Gasteiger partial charge in [0.2, 0.25) is 11.8 Å². The molecule has 2 atom stereocenters. The van der Waals surface area contributed by atoms with E-state index >= 15 is 0 Å². The quantitative estimate of drug-likeness (QED) is 0.228. The third kappa shape index (κ3) is 8.17. The van der Waals surface area contributed by atoms with Gasteiger partial charge in [0.1, 0.15) is 12.1 Å². The van der Waals surface area contributed by atoms with Crippen LogP contribution in [-0.2, 0) is 19.2 Å². The van der Waals surface area contributed by atoms with Crippen molar-refractivity contribution in [2.75, 3.05) is 13.1 Å². The van der Waals surface area contributed by atoms with Crippen LogP contribution in [0.25, 0.3) is 0 Å². The van der Waals surface area contributed by atoms with E-state index in [9.17, 15) is 19.2 Å². The average molecular weight is 318 g/mol. The first-order valence-electron chi connectivity index (χ1n) is 6.76. The minimum atomic E-state index is -1.57. The molecule has 0 spiro atoms. The Labute approximate surface area is 127 Å². The highest BCUT2D eigenvalue weighted by Gasteiger charge is 2.27. The molecule has 0 bridgehead atoms. The Kier molecular flexibility index (Phi) is 9.46. The van der Waals surface area contributed by atoms with Crippen molar-refractivity contribution in [1.82, 2.24) is 10.6 Å². The second kappa shape index (κ2) is 10.5. The molecule has 0 rings (SSSR count). The van der Waals surface area contributed by atoms with E-state index in [1.54, 1.807) is 0 Å². The van der Waals surface area contributed by atoms with Crippen LogP contribution >= 0.6 is 0 Å². The van der Waals surface area contributed by atoms with E-state index in [1.807, 2.05) is 0 Å². The number of carbonyl (C=O) groups excluding carboxylic acids is 2. The third-order valence-electron chi connectivity index (χ3n) is 2.78. The Morgan fingerprint density at radius 2 is 1.59 bits per heavy atom. The Morgan fingerprint density at radius 1 is 0.955 bits per heavy atom. The summed E-state index contributed by atoms with van der Waals surface area (Å²) in [6, 6.07) is -2.56. The number of nitrogens with two attached hydrogens (primary N) is 2. The molecule has 0 saturated carbocycles. The predicted octanol–water partition coefficient (Wildman–Crippen LogP) is -2.40. The van der Waals surface area contributed by atoms with Gasteiger partial charge in [0.15, 0.2) is 0 Å². The van der Waals surface area contributed by atoms with Crippen LogP contribution in [0.1, 0.15) is 25.7 Å². The molecule has 0 aliphatic heterocycles. The second-order valence-electron chi connectivity index (χ2n) is 4.61. The summed E-state index contributed by atoms with van der Waals surface area (Å²) in [5.41, 5.74) is 10.5. The maximum absolute atomic E-state index is 12.0. The van der Waals surface area contributed by atoms with Gasteiger partial charge in [-0.05, 0) is 25.8 Å². The zero-order valence-electron chi connectivity index (χ0n) is 12.1. The molecule has 0 aromatic rings. The highest BCUT2D eigenvalue weighted by molar-refractivity contribution is 5.91. The monoisotopic (exact) mass is 318 g/mol. The van der Waals surface area contributed by atoms with Crippen LogP contribution < -0.4 is 22.1 Å². The summed E-state index contributed by atoms with van der Waals surface area (Å²) < 4.78 is 0. The number of amides is 2. The van der Waals surface area contributed by atoms with Gasteiger partial charge in [0, 0.05) is 0 Å². The molecular formula is C12H22N4O6. The maximum atomic E-state index is 12.0. The van der Waals surface area contributed by atoms with Crippen LogP contribution in [0.2, 0.25) is 0 Å². The first-order chi connectivity index (χ1) is 10.3. The van der Waals surface area contributed by atoms with Gasteiger partial charge >= 0.3 is 11.9 Å². The standard InChI is InChI=1S/C12H22N4O6/c13-4-2-1-3-7(15-9(17)6-14)11(20)16-8(12(21)22)5-10(18)19/h7-8H,1-6,13-14H2,(H,15,17)(H,16,20)(H,18,19)(H,21,22). The lowest BCUT2D eigenvalue weighted by Crippen LogP contribution is -2.53. The summed E-state index contributed by atoms with van der Waals surface area (Å²) in [4.78, 5) is 44.9. The zero-order chi connectivity index (χ0) is 17.1. The molecule has 10 heteroatoms. The number of hydrogen-bond acceptors (Lipinski definition) is 6. The summed E-state index contributed by atoms with van der Waals surface area (Å²) >= 11 is 0. The van der Waals surface area contributed by atoms with E-state index in [1.165, 1.54) is 0 Å². The Hall–Kier alpha value is -2.20. The fourth-order valence-corrected chi connectivity index (χ4v) is 1.66. The topological polar surface area (TPSA) is 185 Å². The van der Waals surface area contributed by atoms with Gasteiger partial charge in [0.25, 0.3) is 0 Å². The second-order valence-corrected chi connectivity index (χ2v) is 4.61. The number of aliphatic carboxylic acids is 2. The molecular weight excluding hydrogens is 296 g/mol. The molecule has 0 aromatic heterocycles. The zero-order valence-corrected chi connectivity index (χ0v) is 12.1. The van der Waals surface area contributed by atoms with Crippen LogP contribution in [0.4, 0.5) is 0 Å². The van der Waals surface area contributed by atoms with Gasteiger partial charge < -0.3 is 32.3 Å². The molecule has 0 aliphatic rings. The summed E-state index contributed by atoms with van der Waals surface area (Å²) in [6.07, 6.45) is 0.644. The maximum Gasteiger partial charge on any atom is 0.326 e. The van der Waals surface area contributed by atoms with Gasteiger partial charge in [0.05, 0.1) is 13.0 Å². The van der Waals surface area contributed by atoms with Crippen molar-refractivity contribution >= 4 is 23.8 Å². The van der Waals surface area contributed by atoms with Gasteiger partial charge in [-0.3, -0.25) is 14.4 Å². The first kappa shape index (κ1) is 19.8. The lowest BCUT2D eigenvalue weighted by atomic mass is 10.1. The summed E-state index contributed by atoms with van der Waals surface area (Å²) in [6.45, 7) is 0.0914. The van der Waals surface area contributed by atoms with E-state index < -0.39 is 42.3 Å². The lowest BCUT2D eigenvalue weighted by Gasteiger charge is -2.20. The molecule has 0 aromatic carbocycles. The van der Waals surface area contributed by atoms with Crippen LogP contribution in [0.5, 0.6) is 0 Å². The largest absolute Gasteiger partial charge is 0.481 e. The Balaban J connectivity index is 4.79. The summed E-state index contributed by atoms with van der Waals surface area (Å²) in [5, 5.41) is 22.0. The van der Waals surface area contributed by atoms with Crippen molar-refractivity contribution in [2.24, 2.45) is 11.5 Å². The number of unbranched alkanes of at least 4 members (excludes halogenated alkanes) is 1. The van der Waals surface area contributed by atoms with Gasteiger partial charge in [-0.15, -0.1) is 0 Å². The average Bonchev–Trinajstić information content (AvgIpc) is 2.44. The van der Waals surface area contributed by atoms with Crippen LogP contribution in [-0.4, -0.2) is 59.1 Å². The molecule has 22 heavy (non-hydrogen) atoms. The van der Waals surface area contributed by atoms with E-state index in [0.717, 1.165) is 0 Å². The van der Waals surface area contributed by atoms with Gasteiger partial charge in [-0.2, -0.15) is 0 Å². The summed E-state index contributed by atoms with van der Waals surface area (Å²) in [5.74, 6) is -4.18. The van der Waals surface area contributed by atoms with E-state index in [4.69, 9.17) is 21.7 Å². The molecule has 2 amide bonds. The van der Waals surface area contributed by atoms with E-state index in [2.05, 4.69) is 10.6 Å². The number of hydrogen-bond donors (Lipinski definition) is 6. The highest BCUT2D eigenvalue weighted by Crippen LogP contribution is 2.03. The minimum absolute atomic E-state index is 0.244. The number of carboxylic acids is 2. The molecule has 0 aliphatic carbocycles. The number of rotatable bonds is 11. The fraction of sp³-hybridized carbons (Fsp3) is 0.667. The molecule has 8 N–H and O–H groups in total. The van der Waals surface area contributed by atoms with Crippen LogP contribution in [0.3, 0.4) is 0 Å². The normalized spacial score (nSPS) is 13.0. The van der Waals surface area contributed by atoms with Crippen molar-refractivity contribution in [3.8, 4) is 0 Å². The molecule has 0 saturated heterocycles. The van der Waals surface area contributed by atoms with Crippen molar-refractivity contribution in [3.05, 3.63) is 0 Å². The molecule has 10 nitrogen and oxygen atoms in total. The Bertz CT molecular complexity index is 414. The number of nitrogens with one attached hydrogen (secondary N) is 2. The van der Waals surface area contributed by atoms with Crippen molar-refractivity contribution < 1.29 is 29.4 Å². The number of carbonyl (C=O) groups is 4. The van der Waals surface area contributed by atoms with Crippen molar-refractivity contribution in [1.29, 1.82) is 0 Å². The Morgan fingerprint density at radius 3 is 2.05 bits per heavy atom. The van der Waals surface area contributed by atoms with E-state index in [0.29, 0.717) is 19.4 Å². The van der Waals surface area contributed by atoms with Crippen molar-refractivity contribution in [3.63, 3.8) is 0 Å². The predicted molar refractivity (Wildman–Crippen MR) is 75.7 cm³/mol. The van der Waals surface area contributed by atoms with Crippen LogP contribution in [0.15, 0.2) is 0 Å². The lowest BCUT2D eigenvalue weighted by molar-refractivity contribution is -0.147. The van der Waals surface area contributed by atoms with Gasteiger partial charge in [-0.25, -0.2) is 4.79 Å². The molecule has 2 unspecified atom stereocenters. The molecule has 0 radical (unpaired) electrons. The highest BCUT2D eigenvalue weighted by atomic mass is 16.4. The minimum Gasteiger partial charge on any atom is -0.481 e. The van der Waals surface area contributed by atoms with Gasteiger partial charge in [-0.1, -0.05) is 0 Å². The summed E-state index contributed by atoms with van der Waals surface area (Å²) in [7, 11) is 0. The first-order valence-corrected chi connectivity index (χ1v) is 6.76. The molecule has 0 fully saturated rings. The molecule has 126 valence electrons. The van der Waals surface area contributed by atoms with E-state index in [-0.39, 0.29) is 13.0 Å². The fourth-order valence-electron chi connectivity index (χ4n) is 1.66. The van der Waals surface area contributed by atoms with Crippen molar-refractivity contribution in [2.45, 2.75) is 37.8 Å². The number of carboxylic acid groups (broad SMARTS) is 2. The smallest absolute Gasteiger partial charge is 0.326 e. The third-order valence-corrected chi connectivity index (χ3v) is 2.78. The molecule has 0 heterocycles. The SMILES string of the molecule is NCCCCC(NC(=O)CN)C(=O)NC(CC(=O)O)C(=O)O.